The van der Waals surface area contributed by atoms with Crippen LogP contribution in [-0.2, 0) is 9.59 Å². The van der Waals surface area contributed by atoms with Gasteiger partial charge in [0, 0.05) is 29.2 Å². The van der Waals surface area contributed by atoms with Crippen molar-refractivity contribution in [1.29, 1.82) is 0 Å². The zero-order chi connectivity index (χ0) is 15.5. The van der Waals surface area contributed by atoms with Gasteiger partial charge in [-0.25, -0.2) is 0 Å². The molecule has 0 spiro atoms. The van der Waals surface area contributed by atoms with Crippen LogP contribution < -0.4 is 5.32 Å². The van der Waals surface area contributed by atoms with Gasteiger partial charge in [0.25, 0.3) is 0 Å². The van der Waals surface area contributed by atoms with E-state index in [1.165, 1.54) is 19.3 Å². The monoisotopic (exact) mass is 364 g/mol. The Morgan fingerprint density at radius 2 is 2.00 bits per heavy atom. The number of likely N-dealkylation sites (tertiary alicyclic amines) is 1. The minimum absolute atomic E-state index is 0.0511. The van der Waals surface area contributed by atoms with Gasteiger partial charge >= 0.3 is 0 Å². The Labute approximate surface area is 139 Å². The highest BCUT2D eigenvalue weighted by atomic mass is 79.9. The van der Waals surface area contributed by atoms with Crippen LogP contribution in [0.5, 0.6) is 0 Å². The van der Waals surface area contributed by atoms with Gasteiger partial charge in [0.1, 0.15) is 0 Å². The molecule has 1 saturated carbocycles. The first kappa shape index (κ1) is 15.5. The summed E-state index contributed by atoms with van der Waals surface area (Å²) in [6.45, 7) is 0.573. The van der Waals surface area contributed by atoms with E-state index in [-0.39, 0.29) is 17.7 Å². The van der Waals surface area contributed by atoms with Gasteiger partial charge in [-0.1, -0.05) is 41.3 Å². The van der Waals surface area contributed by atoms with Gasteiger partial charge in [0.05, 0.1) is 5.92 Å². The standard InChI is InChI=1S/C17H21BrN2O2/c18-13-5-4-6-14(10-13)19-17(22)12-9-16(21)20(11-12)15-7-2-1-3-8-15/h4-6,10,12,15H,1-3,7-9,11H2,(H,19,22)/t12-/m1/s1. The van der Waals surface area contributed by atoms with Crippen molar-refractivity contribution in [1.82, 2.24) is 4.90 Å². The summed E-state index contributed by atoms with van der Waals surface area (Å²) in [5.41, 5.74) is 0.767. The molecule has 4 nitrogen and oxygen atoms in total. The van der Waals surface area contributed by atoms with Gasteiger partial charge in [0.2, 0.25) is 11.8 Å². The molecule has 0 aromatic heterocycles. The van der Waals surface area contributed by atoms with Gasteiger partial charge in [-0.15, -0.1) is 0 Å². The van der Waals surface area contributed by atoms with Crippen molar-refractivity contribution in [2.75, 3.05) is 11.9 Å². The number of nitrogens with zero attached hydrogens (tertiary/aromatic N) is 1. The normalized spacial score (nSPS) is 22.9. The highest BCUT2D eigenvalue weighted by Crippen LogP contribution is 2.29. The minimum Gasteiger partial charge on any atom is -0.339 e. The van der Waals surface area contributed by atoms with E-state index >= 15 is 0 Å². The number of rotatable bonds is 3. The molecule has 5 heteroatoms. The molecule has 22 heavy (non-hydrogen) atoms. The zero-order valence-corrected chi connectivity index (χ0v) is 14.1. The van der Waals surface area contributed by atoms with Crippen LogP contribution in [0.15, 0.2) is 28.7 Å². The van der Waals surface area contributed by atoms with E-state index in [1.807, 2.05) is 29.2 Å². The number of amides is 2. The van der Waals surface area contributed by atoms with Crippen molar-refractivity contribution in [2.45, 2.75) is 44.6 Å². The van der Waals surface area contributed by atoms with Crippen LogP contribution in [0.25, 0.3) is 0 Å². The maximum Gasteiger partial charge on any atom is 0.229 e. The molecule has 1 aliphatic heterocycles. The lowest BCUT2D eigenvalue weighted by Gasteiger charge is -2.31. The fourth-order valence-corrected chi connectivity index (χ4v) is 3.86. The largest absolute Gasteiger partial charge is 0.339 e. The molecule has 3 rings (SSSR count). The Kier molecular flexibility index (Phi) is 4.81. The summed E-state index contributed by atoms with van der Waals surface area (Å²) in [6, 6.07) is 7.88. The first-order valence-corrected chi connectivity index (χ1v) is 8.78. The Hall–Kier alpha value is -1.36. The molecule has 1 N–H and O–H groups in total. The first-order chi connectivity index (χ1) is 10.6. The number of carbonyl (C=O) groups is 2. The summed E-state index contributed by atoms with van der Waals surface area (Å²) in [5, 5.41) is 2.92. The summed E-state index contributed by atoms with van der Waals surface area (Å²) in [7, 11) is 0. The number of anilines is 1. The third-order valence-electron chi connectivity index (χ3n) is 4.64. The number of hydrogen-bond donors (Lipinski definition) is 1. The second kappa shape index (κ2) is 6.82. The van der Waals surface area contributed by atoms with Crippen LogP contribution in [0, 0.1) is 5.92 Å². The quantitative estimate of drug-likeness (QED) is 0.890. The number of nitrogens with one attached hydrogen (secondary N) is 1. The lowest BCUT2D eigenvalue weighted by atomic mass is 9.94. The molecule has 0 unspecified atom stereocenters. The smallest absolute Gasteiger partial charge is 0.229 e. The van der Waals surface area contributed by atoms with Crippen molar-refractivity contribution in [3.8, 4) is 0 Å². The van der Waals surface area contributed by atoms with Crippen LogP contribution in [-0.4, -0.2) is 29.3 Å². The molecule has 1 saturated heterocycles. The molecule has 1 atom stereocenters. The maximum absolute atomic E-state index is 12.4. The Morgan fingerprint density at radius 1 is 1.23 bits per heavy atom. The molecule has 0 radical (unpaired) electrons. The lowest BCUT2D eigenvalue weighted by molar-refractivity contribution is -0.130. The van der Waals surface area contributed by atoms with Crippen LogP contribution in [0.2, 0.25) is 0 Å². The third kappa shape index (κ3) is 3.51. The lowest BCUT2D eigenvalue weighted by Crippen LogP contribution is -2.38. The van der Waals surface area contributed by atoms with Crippen LogP contribution >= 0.6 is 15.9 Å². The molecular formula is C17H21BrN2O2. The van der Waals surface area contributed by atoms with Crippen LogP contribution in [0.1, 0.15) is 38.5 Å². The Bertz CT molecular complexity index is 570. The first-order valence-electron chi connectivity index (χ1n) is 7.99. The topological polar surface area (TPSA) is 49.4 Å². The highest BCUT2D eigenvalue weighted by Gasteiger charge is 2.38. The van der Waals surface area contributed by atoms with Gasteiger partial charge in [0.15, 0.2) is 0 Å². The van der Waals surface area contributed by atoms with Crippen molar-refractivity contribution in [3.05, 3.63) is 28.7 Å². The van der Waals surface area contributed by atoms with Crippen molar-refractivity contribution in [3.63, 3.8) is 0 Å². The fourth-order valence-electron chi connectivity index (χ4n) is 3.46. The maximum atomic E-state index is 12.4. The molecule has 2 fully saturated rings. The molecule has 2 aliphatic rings. The summed E-state index contributed by atoms with van der Waals surface area (Å²) in [4.78, 5) is 26.6. The number of carbonyl (C=O) groups excluding carboxylic acids is 2. The SMILES string of the molecule is O=C(Nc1cccc(Br)c1)[C@@H]1CC(=O)N(C2CCCCC2)C1. The average molecular weight is 365 g/mol. The fraction of sp³-hybridized carbons (Fsp3) is 0.529. The Morgan fingerprint density at radius 3 is 2.73 bits per heavy atom. The molecule has 1 heterocycles. The molecule has 1 aromatic carbocycles. The van der Waals surface area contributed by atoms with Gasteiger partial charge in [-0.05, 0) is 31.0 Å². The van der Waals surface area contributed by atoms with E-state index in [1.54, 1.807) is 0 Å². The van der Waals surface area contributed by atoms with E-state index in [9.17, 15) is 9.59 Å². The van der Waals surface area contributed by atoms with E-state index in [0.717, 1.165) is 23.0 Å². The van der Waals surface area contributed by atoms with E-state index in [0.29, 0.717) is 19.0 Å². The summed E-state index contributed by atoms with van der Waals surface area (Å²) >= 11 is 3.39. The summed E-state index contributed by atoms with van der Waals surface area (Å²) in [5.74, 6) is -0.139. The number of hydrogen-bond acceptors (Lipinski definition) is 2. The second-order valence-corrected chi connectivity index (χ2v) is 7.15. The number of benzene rings is 1. The molecule has 0 bridgehead atoms. The summed E-state index contributed by atoms with van der Waals surface area (Å²) < 4.78 is 0.927. The summed E-state index contributed by atoms with van der Waals surface area (Å²) in [6.07, 6.45) is 6.19. The molecule has 118 valence electrons. The van der Waals surface area contributed by atoms with Crippen molar-refractivity contribution in [2.24, 2.45) is 5.92 Å². The van der Waals surface area contributed by atoms with Gasteiger partial charge < -0.3 is 10.2 Å². The Balaban J connectivity index is 1.61. The second-order valence-electron chi connectivity index (χ2n) is 6.24. The van der Waals surface area contributed by atoms with Crippen molar-refractivity contribution < 1.29 is 9.59 Å². The van der Waals surface area contributed by atoms with Crippen LogP contribution in [0.3, 0.4) is 0 Å². The molecular weight excluding hydrogens is 344 g/mol. The zero-order valence-electron chi connectivity index (χ0n) is 12.6. The average Bonchev–Trinajstić information content (AvgIpc) is 2.90. The van der Waals surface area contributed by atoms with Crippen molar-refractivity contribution >= 4 is 33.4 Å². The van der Waals surface area contributed by atoms with Crippen LogP contribution in [0.4, 0.5) is 5.69 Å². The predicted octanol–water partition coefficient (Wildman–Crippen LogP) is 3.57. The molecule has 1 aliphatic carbocycles. The van der Waals surface area contributed by atoms with Gasteiger partial charge in [-0.2, -0.15) is 0 Å². The van der Waals surface area contributed by atoms with E-state index < -0.39 is 0 Å². The van der Waals surface area contributed by atoms with E-state index in [2.05, 4.69) is 21.2 Å². The third-order valence-corrected chi connectivity index (χ3v) is 5.13. The predicted molar refractivity (Wildman–Crippen MR) is 89.5 cm³/mol. The molecule has 2 amide bonds. The molecule has 1 aromatic rings. The van der Waals surface area contributed by atoms with E-state index in [4.69, 9.17) is 0 Å². The number of halogens is 1. The highest BCUT2D eigenvalue weighted by molar-refractivity contribution is 9.10. The minimum atomic E-state index is -0.228. The van der Waals surface area contributed by atoms with Gasteiger partial charge in [-0.3, -0.25) is 9.59 Å².